The third-order valence-corrected chi connectivity index (χ3v) is 4.28. The Balaban J connectivity index is 1.58. The smallest absolute Gasteiger partial charge is 0.407 e. The Hall–Kier alpha value is -2.57. The van der Waals surface area contributed by atoms with Crippen molar-refractivity contribution < 1.29 is 19.1 Å². The van der Waals surface area contributed by atoms with Crippen LogP contribution >= 0.6 is 0 Å². The van der Waals surface area contributed by atoms with Crippen LogP contribution in [0.5, 0.6) is 0 Å². The van der Waals surface area contributed by atoms with Gasteiger partial charge in [-0.1, -0.05) is 44.2 Å². The zero-order chi connectivity index (χ0) is 18.9. The summed E-state index contributed by atoms with van der Waals surface area (Å²) in [6.07, 6.45) is 1.50. The lowest BCUT2D eigenvalue weighted by molar-refractivity contribution is -0.138. The largest absolute Gasteiger partial charge is 0.445 e. The van der Waals surface area contributed by atoms with Crippen molar-refractivity contribution in [3.63, 3.8) is 0 Å². The van der Waals surface area contributed by atoms with E-state index >= 15 is 0 Å². The van der Waals surface area contributed by atoms with E-state index in [1.807, 2.05) is 44.2 Å². The van der Waals surface area contributed by atoms with Crippen molar-refractivity contribution in [1.82, 2.24) is 16.0 Å². The van der Waals surface area contributed by atoms with Crippen LogP contribution in [0.1, 0.15) is 38.7 Å². The minimum Gasteiger partial charge on any atom is -0.445 e. The van der Waals surface area contributed by atoms with Crippen LogP contribution in [-0.2, 0) is 20.9 Å². The van der Waals surface area contributed by atoms with Gasteiger partial charge in [0.25, 0.3) is 0 Å². The third kappa shape index (κ3) is 6.06. The molecular weight excluding hydrogens is 334 g/mol. The molecule has 26 heavy (non-hydrogen) atoms. The molecule has 142 valence electrons. The number of piperazine rings is 1. The first-order valence-electron chi connectivity index (χ1n) is 9.02. The van der Waals surface area contributed by atoms with Crippen molar-refractivity contribution in [2.45, 2.75) is 51.8 Å². The fourth-order valence-electron chi connectivity index (χ4n) is 2.76. The molecule has 0 saturated carbocycles. The predicted octanol–water partition coefficient (Wildman–Crippen LogP) is 1.72. The molecule has 1 aliphatic heterocycles. The van der Waals surface area contributed by atoms with E-state index in [0.717, 1.165) is 5.56 Å². The van der Waals surface area contributed by atoms with Crippen LogP contribution in [0.3, 0.4) is 0 Å². The zero-order valence-electron chi connectivity index (χ0n) is 15.3. The lowest BCUT2D eigenvalue weighted by Gasteiger charge is -2.31. The number of rotatable bonds is 8. The summed E-state index contributed by atoms with van der Waals surface area (Å²) in [6, 6.07) is 8.51. The van der Waals surface area contributed by atoms with Gasteiger partial charge in [0.05, 0.1) is 0 Å². The van der Waals surface area contributed by atoms with Gasteiger partial charge >= 0.3 is 6.09 Å². The summed E-state index contributed by atoms with van der Waals surface area (Å²) in [5.41, 5.74) is 0.932. The molecule has 1 fully saturated rings. The van der Waals surface area contributed by atoms with Crippen LogP contribution in [0.25, 0.3) is 0 Å². The van der Waals surface area contributed by atoms with E-state index in [1.54, 1.807) is 0 Å². The topological polar surface area (TPSA) is 96.5 Å². The maximum absolute atomic E-state index is 12.0. The summed E-state index contributed by atoms with van der Waals surface area (Å²) in [4.78, 5) is 35.6. The highest BCUT2D eigenvalue weighted by atomic mass is 16.5. The molecule has 0 bridgehead atoms. The van der Waals surface area contributed by atoms with Crippen molar-refractivity contribution in [3.05, 3.63) is 35.9 Å². The van der Waals surface area contributed by atoms with Gasteiger partial charge in [0.2, 0.25) is 11.8 Å². The Morgan fingerprint density at radius 2 is 1.85 bits per heavy atom. The zero-order valence-corrected chi connectivity index (χ0v) is 15.3. The van der Waals surface area contributed by atoms with Crippen LogP contribution < -0.4 is 16.0 Å². The van der Waals surface area contributed by atoms with Gasteiger partial charge in [-0.05, 0) is 30.7 Å². The van der Waals surface area contributed by atoms with Crippen LogP contribution in [0.4, 0.5) is 4.79 Å². The van der Waals surface area contributed by atoms with E-state index in [4.69, 9.17) is 4.74 Å². The summed E-state index contributed by atoms with van der Waals surface area (Å²) in [7, 11) is 0. The van der Waals surface area contributed by atoms with Crippen molar-refractivity contribution >= 4 is 17.9 Å². The number of carbonyl (C=O) groups is 3. The molecule has 0 radical (unpaired) electrons. The molecule has 1 heterocycles. The van der Waals surface area contributed by atoms with Crippen LogP contribution in [0, 0.1) is 5.92 Å². The van der Waals surface area contributed by atoms with Crippen LogP contribution in [0.2, 0.25) is 0 Å². The van der Waals surface area contributed by atoms with E-state index in [9.17, 15) is 14.4 Å². The molecule has 2 rings (SSSR count). The molecule has 0 aromatic heterocycles. The summed E-state index contributed by atoms with van der Waals surface area (Å²) in [5.74, 6) is -0.211. The fourth-order valence-corrected chi connectivity index (χ4v) is 2.76. The number of hydrogen-bond donors (Lipinski definition) is 3. The second kappa shape index (κ2) is 9.79. The minimum atomic E-state index is -0.498. The standard InChI is InChI=1S/C19H27N3O4/c1-13(2)16-18(24)21-15(17(23)22-16)10-6-7-11-20-19(25)26-12-14-8-4-3-5-9-14/h3-5,8-9,13,15-16H,6-7,10-12H2,1-2H3,(H,20,25)(H,21,24)(H,22,23)/t15-,16-/m0/s1. The number of amides is 3. The number of unbranched alkanes of at least 4 members (excludes halogenated alkanes) is 1. The molecule has 1 saturated heterocycles. The molecule has 7 heteroatoms. The maximum Gasteiger partial charge on any atom is 0.407 e. The molecule has 7 nitrogen and oxygen atoms in total. The molecular formula is C19H27N3O4. The molecule has 3 amide bonds. The number of ether oxygens (including phenoxy) is 1. The highest BCUT2D eigenvalue weighted by Crippen LogP contribution is 2.10. The highest BCUT2D eigenvalue weighted by molar-refractivity contribution is 5.97. The van der Waals surface area contributed by atoms with Crippen molar-refractivity contribution in [2.75, 3.05) is 6.54 Å². The first-order chi connectivity index (χ1) is 12.5. The van der Waals surface area contributed by atoms with Gasteiger partial charge in [-0.3, -0.25) is 9.59 Å². The predicted molar refractivity (Wildman–Crippen MR) is 97.2 cm³/mol. The van der Waals surface area contributed by atoms with Gasteiger partial charge in [-0.25, -0.2) is 4.79 Å². The van der Waals surface area contributed by atoms with E-state index < -0.39 is 18.2 Å². The number of alkyl carbamates (subject to hydrolysis) is 1. The molecule has 0 spiro atoms. The molecule has 2 atom stereocenters. The molecule has 1 aliphatic rings. The van der Waals surface area contributed by atoms with E-state index in [2.05, 4.69) is 16.0 Å². The van der Waals surface area contributed by atoms with Gasteiger partial charge < -0.3 is 20.7 Å². The Morgan fingerprint density at radius 3 is 2.54 bits per heavy atom. The first kappa shape index (κ1) is 19.8. The SMILES string of the molecule is CC(C)[C@@H]1NC(=O)[C@H](CCCCNC(=O)OCc2ccccc2)NC1=O. The second-order valence-corrected chi connectivity index (χ2v) is 6.78. The Bertz CT molecular complexity index is 618. The number of carbonyl (C=O) groups excluding carboxylic acids is 3. The number of nitrogens with one attached hydrogen (secondary N) is 3. The number of hydrogen-bond acceptors (Lipinski definition) is 4. The van der Waals surface area contributed by atoms with Gasteiger partial charge in [0.15, 0.2) is 0 Å². The quantitative estimate of drug-likeness (QED) is 0.614. The van der Waals surface area contributed by atoms with Gasteiger partial charge in [-0.15, -0.1) is 0 Å². The van der Waals surface area contributed by atoms with Crippen LogP contribution in [0.15, 0.2) is 30.3 Å². The Kier molecular flexibility index (Phi) is 7.44. The molecule has 0 unspecified atom stereocenters. The Labute approximate surface area is 153 Å². The van der Waals surface area contributed by atoms with Crippen molar-refractivity contribution in [1.29, 1.82) is 0 Å². The monoisotopic (exact) mass is 361 g/mol. The summed E-state index contributed by atoms with van der Waals surface area (Å²) >= 11 is 0. The molecule has 3 N–H and O–H groups in total. The van der Waals surface area contributed by atoms with Crippen molar-refractivity contribution in [2.24, 2.45) is 5.92 Å². The van der Waals surface area contributed by atoms with Gasteiger partial charge in [-0.2, -0.15) is 0 Å². The fraction of sp³-hybridized carbons (Fsp3) is 0.526. The maximum atomic E-state index is 12.0. The van der Waals surface area contributed by atoms with E-state index in [0.29, 0.717) is 25.8 Å². The summed E-state index contributed by atoms with van der Waals surface area (Å²) in [5, 5.41) is 8.22. The lowest BCUT2D eigenvalue weighted by Crippen LogP contribution is -2.63. The Morgan fingerprint density at radius 1 is 1.12 bits per heavy atom. The average molecular weight is 361 g/mol. The summed E-state index contributed by atoms with van der Waals surface area (Å²) < 4.78 is 5.12. The molecule has 0 aliphatic carbocycles. The normalized spacial score (nSPS) is 19.7. The van der Waals surface area contributed by atoms with E-state index in [-0.39, 0.29) is 24.3 Å². The van der Waals surface area contributed by atoms with Gasteiger partial charge in [0, 0.05) is 6.54 Å². The van der Waals surface area contributed by atoms with E-state index in [1.165, 1.54) is 0 Å². The third-order valence-electron chi connectivity index (χ3n) is 4.28. The first-order valence-corrected chi connectivity index (χ1v) is 9.02. The lowest BCUT2D eigenvalue weighted by atomic mass is 9.98. The minimum absolute atomic E-state index is 0.0611. The van der Waals surface area contributed by atoms with Gasteiger partial charge in [0.1, 0.15) is 18.7 Å². The number of benzene rings is 1. The highest BCUT2D eigenvalue weighted by Gasteiger charge is 2.34. The van der Waals surface area contributed by atoms with Crippen LogP contribution in [-0.4, -0.2) is 36.5 Å². The molecule has 1 aromatic rings. The molecule has 1 aromatic carbocycles. The van der Waals surface area contributed by atoms with Crippen molar-refractivity contribution in [3.8, 4) is 0 Å². The second-order valence-electron chi connectivity index (χ2n) is 6.78. The summed E-state index contributed by atoms with van der Waals surface area (Å²) in [6.45, 7) is 4.49. The average Bonchev–Trinajstić information content (AvgIpc) is 2.62.